The van der Waals surface area contributed by atoms with Gasteiger partial charge in [-0.1, -0.05) is 13.8 Å². The quantitative estimate of drug-likeness (QED) is 0.335. The van der Waals surface area contributed by atoms with E-state index in [9.17, 15) is 35.1 Å². The molecule has 0 aromatic rings. The van der Waals surface area contributed by atoms with E-state index in [1.165, 1.54) is 6.92 Å². The number of rotatable bonds is 6. The largest absolute Gasteiger partial charge is 0.460 e. The van der Waals surface area contributed by atoms with Crippen LogP contribution in [0.1, 0.15) is 92.9 Å². The number of allylic oxidation sites excluding steroid dienone is 1. The van der Waals surface area contributed by atoms with Crippen molar-refractivity contribution in [3.05, 3.63) is 11.6 Å². The molecule has 8 nitrogen and oxygen atoms in total. The Kier molecular flexibility index (Phi) is 7.07. The Morgan fingerprint density at radius 2 is 1.81 bits per heavy atom. The summed E-state index contributed by atoms with van der Waals surface area (Å²) >= 11 is 0. The maximum Gasteiger partial charge on any atom is 0.302 e. The zero-order valence-corrected chi connectivity index (χ0v) is 23.2. The highest BCUT2D eigenvalue weighted by atomic mass is 16.6. The molecule has 0 amide bonds. The number of fused-ring (bicyclic) bond motifs is 5. The zero-order valence-electron chi connectivity index (χ0n) is 23.2. The molecule has 3 saturated carbocycles. The Morgan fingerprint density at radius 1 is 1.16 bits per heavy atom. The lowest BCUT2D eigenvalue weighted by molar-refractivity contribution is -0.182. The highest BCUT2D eigenvalue weighted by molar-refractivity contribution is 5.95. The lowest BCUT2D eigenvalue weighted by atomic mass is 9.45. The van der Waals surface area contributed by atoms with Gasteiger partial charge in [-0.15, -0.1) is 0 Å². The predicted octanol–water partition coefficient (Wildman–Crippen LogP) is 2.42. The van der Waals surface area contributed by atoms with Crippen molar-refractivity contribution in [2.24, 2.45) is 28.6 Å². The summed E-state index contributed by atoms with van der Waals surface area (Å²) in [4.78, 5) is 25.1. The van der Waals surface area contributed by atoms with E-state index < -0.39 is 63.8 Å². The number of aliphatic hydroxyl groups excluding tert-OH is 2. The number of hydrogen-bond acceptors (Lipinski definition) is 8. The second kappa shape index (κ2) is 9.12. The van der Waals surface area contributed by atoms with Crippen molar-refractivity contribution >= 4 is 11.8 Å². The Morgan fingerprint density at radius 3 is 2.41 bits per heavy atom. The van der Waals surface area contributed by atoms with Crippen LogP contribution in [0.25, 0.3) is 0 Å². The van der Waals surface area contributed by atoms with Crippen LogP contribution >= 0.6 is 0 Å². The van der Waals surface area contributed by atoms with Gasteiger partial charge in [0.25, 0.3) is 0 Å². The van der Waals surface area contributed by atoms with Gasteiger partial charge < -0.3 is 30.3 Å². The molecule has 0 aliphatic heterocycles. The van der Waals surface area contributed by atoms with Gasteiger partial charge in [0.05, 0.1) is 29.0 Å². The first-order valence-electron chi connectivity index (χ1n) is 13.8. The van der Waals surface area contributed by atoms with E-state index in [1.54, 1.807) is 26.8 Å². The predicted molar refractivity (Wildman–Crippen MR) is 136 cm³/mol. The minimum atomic E-state index is -1.49. The van der Waals surface area contributed by atoms with E-state index >= 15 is 0 Å². The summed E-state index contributed by atoms with van der Waals surface area (Å²) in [6, 6.07) is 0. The van der Waals surface area contributed by atoms with Crippen molar-refractivity contribution < 1.29 is 39.9 Å². The van der Waals surface area contributed by atoms with Crippen LogP contribution < -0.4 is 0 Å². The molecule has 210 valence electrons. The number of esters is 1. The molecule has 3 fully saturated rings. The highest BCUT2D eigenvalue weighted by Crippen LogP contribution is 2.68. The van der Waals surface area contributed by atoms with Crippen LogP contribution in [0.2, 0.25) is 0 Å². The second-order valence-electron chi connectivity index (χ2n) is 13.8. The fourth-order valence-electron chi connectivity index (χ4n) is 8.63. The van der Waals surface area contributed by atoms with Crippen LogP contribution in [-0.4, -0.2) is 72.4 Å². The van der Waals surface area contributed by atoms with Crippen LogP contribution in [0, 0.1) is 28.6 Å². The van der Waals surface area contributed by atoms with Gasteiger partial charge in [-0.05, 0) is 101 Å². The fourth-order valence-corrected chi connectivity index (χ4v) is 8.63. The van der Waals surface area contributed by atoms with Gasteiger partial charge in [-0.25, -0.2) is 0 Å². The zero-order chi connectivity index (χ0) is 27.8. The number of hydrogen-bond donors (Lipinski definition) is 5. The number of ether oxygens (including phenoxy) is 1. The molecule has 10 atom stereocenters. The average Bonchev–Trinajstić information content (AvgIpc) is 3.05. The number of ketones is 1. The summed E-state index contributed by atoms with van der Waals surface area (Å²) in [5.74, 6) is -1.54. The molecule has 5 N–H and O–H groups in total. The maximum atomic E-state index is 13.4. The molecule has 0 radical (unpaired) electrons. The molecule has 0 bridgehead atoms. The van der Waals surface area contributed by atoms with Crippen LogP contribution in [0.5, 0.6) is 0 Å². The molecule has 0 spiro atoms. The Balaban J connectivity index is 1.66. The SMILES string of the molecule is CC(=O)O[C@H]1C[C@]2(C)C3CC[C@]4(C)[C@@H]([C@@](C)(O)[C@H](O)CCC(C)(C)O)CC[C@@]4(O)C3=CC(=O)[C@@H]2C[C@H]1O. The highest BCUT2D eigenvalue weighted by Gasteiger charge is 2.69. The van der Waals surface area contributed by atoms with E-state index in [4.69, 9.17) is 4.74 Å². The van der Waals surface area contributed by atoms with Gasteiger partial charge in [0, 0.05) is 18.3 Å². The second-order valence-corrected chi connectivity index (χ2v) is 13.8. The van der Waals surface area contributed by atoms with Crippen LogP contribution in [0.3, 0.4) is 0 Å². The summed E-state index contributed by atoms with van der Waals surface area (Å²) in [6.07, 6.45) is 2.17. The number of carbonyl (C=O) groups excluding carboxylic acids is 2. The Bertz CT molecular complexity index is 965. The molecule has 4 aliphatic carbocycles. The molecule has 4 aliphatic rings. The first-order chi connectivity index (χ1) is 16.9. The topological polar surface area (TPSA) is 145 Å². The monoisotopic (exact) mass is 522 g/mol. The third-order valence-electron chi connectivity index (χ3n) is 10.8. The van der Waals surface area contributed by atoms with E-state index in [-0.39, 0.29) is 24.5 Å². The minimum absolute atomic E-state index is 0.118. The van der Waals surface area contributed by atoms with E-state index in [2.05, 4.69) is 0 Å². The van der Waals surface area contributed by atoms with Crippen molar-refractivity contribution in [1.29, 1.82) is 0 Å². The molecule has 0 aromatic heterocycles. The standard InChI is InChI=1S/C29H46O8/c1-16(30)37-22-15-26(4)17-7-11-27(5)23(28(6,35)24(33)9-10-25(2,3)34)8-12-29(27,36)18(17)13-20(31)19(26)14-21(22)32/h13,17,19,21-24,32-36H,7-12,14-15H2,1-6H3/t17?,19-,21+,22-,23-,24+,26+,27+,28+,29+/m0/s1. The van der Waals surface area contributed by atoms with Gasteiger partial charge >= 0.3 is 5.97 Å². The lowest BCUT2D eigenvalue weighted by Gasteiger charge is -2.60. The van der Waals surface area contributed by atoms with Crippen LogP contribution in [0.4, 0.5) is 0 Å². The third-order valence-corrected chi connectivity index (χ3v) is 10.8. The van der Waals surface area contributed by atoms with Crippen molar-refractivity contribution in [3.8, 4) is 0 Å². The van der Waals surface area contributed by atoms with E-state index in [1.807, 2.05) is 13.8 Å². The average molecular weight is 523 g/mol. The summed E-state index contributed by atoms with van der Waals surface area (Å²) in [5.41, 5.74) is -4.43. The molecule has 0 heterocycles. The summed E-state index contributed by atoms with van der Waals surface area (Å²) < 4.78 is 5.44. The number of aliphatic hydroxyl groups is 5. The molecule has 0 aromatic carbocycles. The van der Waals surface area contributed by atoms with E-state index in [0.29, 0.717) is 44.1 Å². The molecular weight excluding hydrogens is 476 g/mol. The Labute approximate surface area is 220 Å². The van der Waals surface area contributed by atoms with E-state index in [0.717, 1.165) is 0 Å². The smallest absolute Gasteiger partial charge is 0.302 e. The van der Waals surface area contributed by atoms with Crippen molar-refractivity contribution in [2.75, 3.05) is 0 Å². The van der Waals surface area contributed by atoms with Crippen molar-refractivity contribution in [1.82, 2.24) is 0 Å². The molecule has 4 rings (SSSR count). The van der Waals surface area contributed by atoms with Gasteiger partial charge in [0.2, 0.25) is 0 Å². The van der Waals surface area contributed by atoms with Crippen LogP contribution in [0.15, 0.2) is 11.6 Å². The van der Waals surface area contributed by atoms with Gasteiger partial charge in [0.15, 0.2) is 5.78 Å². The molecular formula is C29H46O8. The van der Waals surface area contributed by atoms with Gasteiger partial charge in [0.1, 0.15) is 6.10 Å². The number of carbonyl (C=O) groups is 2. The summed E-state index contributed by atoms with van der Waals surface area (Å²) in [7, 11) is 0. The van der Waals surface area contributed by atoms with Crippen molar-refractivity contribution in [3.63, 3.8) is 0 Å². The molecule has 37 heavy (non-hydrogen) atoms. The van der Waals surface area contributed by atoms with Crippen molar-refractivity contribution in [2.45, 2.75) is 128 Å². The maximum absolute atomic E-state index is 13.4. The fraction of sp³-hybridized carbons (Fsp3) is 0.862. The van der Waals surface area contributed by atoms with Gasteiger partial charge in [-0.3, -0.25) is 9.59 Å². The summed E-state index contributed by atoms with van der Waals surface area (Å²) in [5, 5.41) is 55.7. The molecule has 0 saturated heterocycles. The Hall–Kier alpha value is -1.32. The lowest BCUT2D eigenvalue weighted by Crippen LogP contribution is -2.63. The first kappa shape index (κ1) is 28.7. The van der Waals surface area contributed by atoms with Crippen LogP contribution in [-0.2, 0) is 14.3 Å². The molecule has 1 unspecified atom stereocenters. The third kappa shape index (κ3) is 4.50. The normalized spacial score (nSPS) is 44.1. The van der Waals surface area contributed by atoms with Gasteiger partial charge in [-0.2, -0.15) is 0 Å². The molecule has 8 heteroatoms. The first-order valence-corrected chi connectivity index (χ1v) is 13.8. The summed E-state index contributed by atoms with van der Waals surface area (Å²) in [6.45, 7) is 10.3. The minimum Gasteiger partial charge on any atom is -0.460 e.